The lowest BCUT2D eigenvalue weighted by Crippen LogP contribution is -2.44. The summed E-state index contributed by atoms with van der Waals surface area (Å²) in [5, 5.41) is 4.56. The van der Waals surface area contributed by atoms with Crippen LogP contribution in [0.2, 0.25) is 0 Å². The zero-order chi connectivity index (χ0) is 12.3. The zero-order valence-corrected chi connectivity index (χ0v) is 10.7. The predicted molar refractivity (Wildman–Crippen MR) is 67.1 cm³/mol. The largest absolute Gasteiger partial charge is 0.332 e. The Hall–Kier alpha value is -1.30. The quantitative estimate of drug-likeness (QED) is 0.838. The molecule has 0 aliphatic carbocycles. The highest BCUT2D eigenvalue weighted by Crippen LogP contribution is 2.15. The Morgan fingerprint density at radius 1 is 1.71 bits per heavy atom. The summed E-state index contributed by atoms with van der Waals surface area (Å²) in [6.07, 6.45) is 2.27. The molecule has 2 N–H and O–H groups in total. The van der Waals surface area contributed by atoms with Gasteiger partial charge in [-0.05, 0) is 18.8 Å². The average Bonchev–Trinajstić information content (AvgIpc) is 2.72. The fourth-order valence-electron chi connectivity index (χ4n) is 2.06. The second-order valence-corrected chi connectivity index (χ2v) is 5.37. The van der Waals surface area contributed by atoms with Crippen molar-refractivity contribution in [3.05, 3.63) is 20.7 Å². The van der Waals surface area contributed by atoms with Gasteiger partial charge >= 0.3 is 10.9 Å². The van der Waals surface area contributed by atoms with E-state index in [4.69, 9.17) is 0 Å². The molecule has 0 spiro atoms. The Kier molecular flexibility index (Phi) is 3.83. The van der Waals surface area contributed by atoms with E-state index in [1.807, 2.05) is 4.90 Å². The van der Waals surface area contributed by atoms with E-state index in [0.29, 0.717) is 12.5 Å². The van der Waals surface area contributed by atoms with Gasteiger partial charge in [-0.25, -0.2) is 4.79 Å². The van der Waals surface area contributed by atoms with Crippen molar-refractivity contribution < 1.29 is 4.79 Å². The Morgan fingerprint density at radius 2 is 2.53 bits per heavy atom. The number of thiazole rings is 1. The molecule has 0 bridgehead atoms. The number of hydrogen-bond donors (Lipinski definition) is 2. The fourth-order valence-corrected chi connectivity index (χ4v) is 2.64. The maximum Gasteiger partial charge on any atom is 0.317 e. The van der Waals surface area contributed by atoms with Crippen molar-refractivity contribution in [2.45, 2.75) is 26.3 Å². The molecule has 2 rings (SSSR count). The van der Waals surface area contributed by atoms with E-state index in [-0.39, 0.29) is 10.9 Å². The third kappa shape index (κ3) is 3.33. The molecule has 1 aliphatic heterocycles. The molecule has 94 valence electrons. The number of carbonyl (C=O) groups is 1. The van der Waals surface area contributed by atoms with Gasteiger partial charge in [0.2, 0.25) is 0 Å². The normalized spacial score (nSPS) is 20.3. The number of hydrogen-bond acceptors (Lipinski definition) is 3. The first kappa shape index (κ1) is 12.2. The van der Waals surface area contributed by atoms with E-state index in [9.17, 15) is 9.59 Å². The van der Waals surface area contributed by atoms with E-state index in [1.165, 1.54) is 6.42 Å². The minimum Gasteiger partial charge on any atom is -0.332 e. The third-order valence-corrected chi connectivity index (χ3v) is 3.66. The Balaban J connectivity index is 1.82. The van der Waals surface area contributed by atoms with Crippen molar-refractivity contribution >= 4 is 17.4 Å². The lowest BCUT2D eigenvalue weighted by Gasteiger charge is -2.30. The molecular weight excluding hydrogens is 238 g/mol. The number of likely N-dealkylation sites (tertiary alicyclic amines) is 1. The van der Waals surface area contributed by atoms with Crippen molar-refractivity contribution in [1.82, 2.24) is 15.2 Å². The van der Waals surface area contributed by atoms with Crippen LogP contribution in [0.5, 0.6) is 0 Å². The predicted octanol–water partition coefficient (Wildman–Crippen LogP) is 1.38. The molecule has 0 radical (unpaired) electrons. The number of amides is 2. The first-order valence-electron chi connectivity index (χ1n) is 5.84. The van der Waals surface area contributed by atoms with Crippen LogP contribution < -0.4 is 10.2 Å². The highest BCUT2D eigenvalue weighted by Gasteiger charge is 2.20. The molecule has 1 atom stereocenters. The van der Waals surface area contributed by atoms with Gasteiger partial charge in [0, 0.05) is 24.2 Å². The highest BCUT2D eigenvalue weighted by atomic mass is 32.1. The first-order chi connectivity index (χ1) is 8.15. The molecule has 2 amide bonds. The van der Waals surface area contributed by atoms with Gasteiger partial charge in [0.1, 0.15) is 0 Å². The number of carbonyl (C=O) groups excluding carboxylic acids is 1. The standard InChI is InChI=1S/C11H17N3O2S/c1-8-3-2-4-14(6-8)10(15)12-5-9-7-17-11(16)13-9/h7-8H,2-6H2,1H3,(H,12,15)(H,13,16). The number of piperidine rings is 1. The van der Waals surface area contributed by atoms with Gasteiger partial charge < -0.3 is 15.2 Å². The van der Waals surface area contributed by atoms with E-state index in [0.717, 1.165) is 36.5 Å². The molecule has 6 heteroatoms. The van der Waals surface area contributed by atoms with Gasteiger partial charge in [0.25, 0.3) is 0 Å². The molecule has 1 aromatic rings. The maximum absolute atomic E-state index is 11.8. The minimum atomic E-state index is -0.0826. The monoisotopic (exact) mass is 255 g/mol. The van der Waals surface area contributed by atoms with Crippen molar-refractivity contribution in [2.24, 2.45) is 5.92 Å². The van der Waals surface area contributed by atoms with Gasteiger partial charge in [0.05, 0.1) is 6.54 Å². The van der Waals surface area contributed by atoms with E-state index in [1.54, 1.807) is 5.38 Å². The summed E-state index contributed by atoms with van der Waals surface area (Å²) < 4.78 is 0. The van der Waals surface area contributed by atoms with E-state index >= 15 is 0 Å². The summed E-state index contributed by atoms with van der Waals surface area (Å²) in [6, 6.07) is -0.0383. The van der Waals surface area contributed by atoms with Crippen molar-refractivity contribution in [3.8, 4) is 0 Å². The molecule has 1 fully saturated rings. The SMILES string of the molecule is CC1CCCN(C(=O)NCc2csc(=O)[nH]2)C1. The van der Waals surface area contributed by atoms with Gasteiger partial charge in [-0.1, -0.05) is 18.3 Å². The van der Waals surface area contributed by atoms with Crippen molar-refractivity contribution in [1.29, 1.82) is 0 Å². The van der Waals surface area contributed by atoms with Crippen LogP contribution in [0.25, 0.3) is 0 Å². The van der Waals surface area contributed by atoms with Crippen molar-refractivity contribution in [3.63, 3.8) is 0 Å². The number of nitrogens with one attached hydrogen (secondary N) is 2. The first-order valence-corrected chi connectivity index (χ1v) is 6.72. The second kappa shape index (κ2) is 5.35. The number of rotatable bonds is 2. The molecule has 1 aliphatic rings. The van der Waals surface area contributed by atoms with Crippen molar-refractivity contribution in [2.75, 3.05) is 13.1 Å². The molecular formula is C11H17N3O2S. The fraction of sp³-hybridized carbons (Fsp3) is 0.636. The lowest BCUT2D eigenvalue weighted by atomic mass is 10.0. The summed E-state index contributed by atoms with van der Waals surface area (Å²) in [4.78, 5) is 27.2. The number of nitrogens with zero attached hydrogens (tertiary/aromatic N) is 1. The van der Waals surface area contributed by atoms with Crippen LogP contribution in [0.3, 0.4) is 0 Å². The number of urea groups is 1. The number of aromatic nitrogens is 1. The highest BCUT2D eigenvalue weighted by molar-refractivity contribution is 7.07. The summed E-state index contributed by atoms with van der Waals surface area (Å²) in [5.41, 5.74) is 0.762. The lowest BCUT2D eigenvalue weighted by molar-refractivity contribution is 0.169. The molecule has 1 saturated heterocycles. The van der Waals surface area contributed by atoms with E-state index < -0.39 is 0 Å². The molecule has 1 unspecified atom stereocenters. The van der Waals surface area contributed by atoms with Crippen LogP contribution in [0.4, 0.5) is 4.79 Å². The number of aromatic amines is 1. The van der Waals surface area contributed by atoms with Crippen LogP contribution in [0.15, 0.2) is 10.2 Å². The van der Waals surface area contributed by atoms with E-state index in [2.05, 4.69) is 17.2 Å². The van der Waals surface area contributed by atoms with Gasteiger partial charge in [0.15, 0.2) is 0 Å². The zero-order valence-electron chi connectivity index (χ0n) is 9.86. The van der Waals surface area contributed by atoms with Crippen LogP contribution in [0.1, 0.15) is 25.5 Å². The van der Waals surface area contributed by atoms with Gasteiger partial charge in [-0.2, -0.15) is 0 Å². The van der Waals surface area contributed by atoms with Crippen LogP contribution in [-0.4, -0.2) is 29.0 Å². The summed E-state index contributed by atoms with van der Waals surface area (Å²) in [6.45, 7) is 4.21. The maximum atomic E-state index is 11.8. The number of H-pyrrole nitrogens is 1. The molecule has 5 nitrogen and oxygen atoms in total. The summed E-state index contributed by atoms with van der Waals surface area (Å²) >= 11 is 1.12. The van der Waals surface area contributed by atoms with Crippen LogP contribution >= 0.6 is 11.3 Å². The van der Waals surface area contributed by atoms with Gasteiger partial charge in [-0.15, -0.1) is 0 Å². The summed E-state index contributed by atoms with van der Waals surface area (Å²) in [5.74, 6) is 0.579. The Labute approximate surface area is 104 Å². The Morgan fingerprint density at radius 3 is 3.18 bits per heavy atom. The smallest absolute Gasteiger partial charge is 0.317 e. The molecule has 0 aromatic carbocycles. The van der Waals surface area contributed by atoms with Crippen LogP contribution in [0, 0.1) is 5.92 Å². The molecule has 17 heavy (non-hydrogen) atoms. The molecule has 1 aromatic heterocycles. The minimum absolute atomic E-state index is 0.0383. The van der Waals surface area contributed by atoms with Crippen LogP contribution in [-0.2, 0) is 6.54 Å². The third-order valence-electron chi connectivity index (χ3n) is 2.95. The molecule has 2 heterocycles. The summed E-state index contributed by atoms with van der Waals surface area (Å²) in [7, 11) is 0. The Bertz CT molecular complexity index is 440. The van der Waals surface area contributed by atoms with Gasteiger partial charge in [-0.3, -0.25) is 4.79 Å². The second-order valence-electron chi connectivity index (χ2n) is 4.53. The topological polar surface area (TPSA) is 65.2 Å². The molecule has 0 saturated carbocycles. The average molecular weight is 255 g/mol.